The number of carbonyl (C=O) groups excluding carboxylic acids is 1. The van der Waals surface area contributed by atoms with Crippen molar-refractivity contribution < 1.29 is 9.72 Å². The maximum atomic E-state index is 12.1. The van der Waals surface area contributed by atoms with Crippen molar-refractivity contribution in [1.82, 2.24) is 5.32 Å². The molecule has 0 aliphatic carbocycles. The summed E-state index contributed by atoms with van der Waals surface area (Å²) in [5, 5.41) is 13.6. The zero-order valence-electron chi connectivity index (χ0n) is 12.6. The summed E-state index contributed by atoms with van der Waals surface area (Å²) in [5.74, 6) is -0.156. The molecule has 0 saturated carbocycles. The molecule has 0 radical (unpaired) electrons. The molecule has 0 aliphatic heterocycles. The van der Waals surface area contributed by atoms with Gasteiger partial charge >= 0.3 is 0 Å². The minimum absolute atomic E-state index is 0.00165. The zero-order chi connectivity index (χ0) is 16.4. The first kappa shape index (κ1) is 17.2. The van der Waals surface area contributed by atoms with Crippen molar-refractivity contribution in [1.29, 1.82) is 0 Å². The summed E-state index contributed by atoms with van der Waals surface area (Å²) in [6.45, 7) is 8.73. The van der Waals surface area contributed by atoms with Gasteiger partial charge in [0.1, 0.15) is 5.69 Å². The number of halogens is 1. The van der Waals surface area contributed by atoms with E-state index < -0.39 is 10.8 Å². The number of carbonyl (C=O) groups is 1. The van der Waals surface area contributed by atoms with Gasteiger partial charge in [0.2, 0.25) is 0 Å². The van der Waals surface area contributed by atoms with Crippen LogP contribution in [0.15, 0.2) is 12.1 Å². The van der Waals surface area contributed by atoms with E-state index in [1.807, 2.05) is 6.92 Å². The van der Waals surface area contributed by atoms with Crippen LogP contribution in [-0.2, 0) is 0 Å². The highest BCUT2D eigenvalue weighted by Gasteiger charge is 2.22. The van der Waals surface area contributed by atoms with E-state index >= 15 is 0 Å². The van der Waals surface area contributed by atoms with Gasteiger partial charge in [0.15, 0.2) is 0 Å². The van der Waals surface area contributed by atoms with E-state index in [1.54, 1.807) is 0 Å². The Bertz CT molecular complexity index is 567. The van der Waals surface area contributed by atoms with Crippen molar-refractivity contribution in [3.63, 3.8) is 0 Å². The van der Waals surface area contributed by atoms with Crippen LogP contribution in [0.2, 0.25) is 5.02 Å². The van der Waals surface area contributed by atoms with Gasteiger partial charge in [-0.25, -0.2) is 0 Å². The van der Waals surface area contributed by atoms with Crippen molar-refractivity contribution in [3.05, 3.63) is 32.8 Å². The first-order chi connectivity index (χ1) is 9.54. The van der Waals surface area contributed by atoms with Crippen LogP contribution in [0.3, 0.4) is 0 Å². The number of rotatable bonds is 4. The molecule has 3 N–H and O–H groups in total. The number of nitro benzene ring substituents is 1. The molecule has 1 unspecified atom stereocenters. The molecule has 0 fully saturated rings. The lowest BCUT2D eigenvalue weighted by atomic mass is 9.82. The van der Waals surface area contributed by atoms with Crippen LogP contribution in [0.4, 0.5) is 11.4 Å². The Kier molecular flexibility index (Phi) is 5.17. The molecule has 1 amide bonds. The van der Waals surface area contributed by atoms with Gasteiger partial charge in [0, 0.05) is 18.2 Å². The number of nitrogens with two attached hydrogens (primary N) is 1. The highest BCUT2D eigenvalue weighted by Crippen LogP contribution is 2.31. The molecule has 0 spiro atoms. The van der Waals surface area contributed by atoms with Gasteiger partial charge in [-0.15, -0.1) is 0 Å². The van der Waals surface area contributed by atoms with Crippen molar-refractivity contribution in [3.8, 4) is 0 Å². The molecule has 1 rings (SSSR count). The number of anilines is 1. The second-order valence-electron chi connectivity index (χ2n) is 6.13. The summed E-state index contributed by atoms with van der Waals surface area (Å²) in [6, 6.07) is 2.47. The summed E-state index contributed by atoms with van der Waals surface area (Å²) in [7, 11) is 0. The summed E-state index contributed by atoms with van der Waals surface area (Å²) in [6.07, 6.45) is 0. The Morgan fingerprint density at radius 2 is 2.05 bits per heavy atom. The molecule has 0 heterocycles. The summed E-state index contributed by atoms with van der Waals surface area (Å²) in [4.78, 5) is 22.3. The lowest BCUT2D eigenvalue weighted by molar-refractivity contribution is -0.383. The molecule has 116 valence electrons. The SMILES string of the molecule is CC(CNC(=O)c1cc(Cl)c(N)c([N+](=O)[O-])c1)C(C)(C)C. The van der Waals surface area contributed by atoms with Crippen LogP contribution in [0, 0.1) is 21.4 Å². The smallest absolute Gasteiger partial charge is 0.294 e. The third-order valence-electron chi connectivity index (χ3n) is 3.61. The molecular formula is C14H20ClN3O3. The second kappa shape index (κ2) is 6.30. The predicted molar refractivity (Wildman–Crippen MR) is 83.5 cm³/mol. The topological polar surface area (TPSA) is 98.3 Å². The number of benzene rings is 1. The van der Waals surface area contributed by atoms with Crippen LogP contribution in [0.25, 0.3) is 0 Å². The average Bonchev–Trinajstić information content (AvgIpc) is 2.36. The number of nitrogens with zero attached hydrogens (tertiary/aromatic N) is 1. The van der Waals surface area contributed by atoms with Crippen LogP contribution >= 0.6 is 11.6 Å². The van der Waals surface area contributed by atoms with E-state index in [0.717, 1.165) is 6.07 Å². The van der Waals surface area contributed by atoms with Crippen molar-refractivity contribution >= 4 is 28.9 Å². The standard InChI is InChI=1S/C14H20ClN3O3/c1-8(14(2,3)4)7-17-13(19)9-5-10(15)12(16)11(6-9)18(20)21/h5-6,8H,7,16H2,1-4H3,(H,17,19). The quantitative estimate of drug-likeness (QED) is 0.506. The van der Waals surface area contributed by atoms with Crippen molar-refractivity contribution in [2.24, 2.45) is 11.3 Å². The van der Waals surface area contributed by atoms with E-state index in [9.17, 15) is 14.9 Å². The van der Waals surface area contributed by atoms with E-state index in [2.05, 4.69) is 26.1 Å². The fraction of sp³-hybridized carbons (Fsp3) is 0.500. The minimum Gasteiger partial charge on any atom is -0.392 e. The molecule has 7 heteroatoms. The Morgan fingerprint density at radius 1 is 1.48 bits per heavy atom. The first-order valence-electron chi connectivity index (χ1n) is 6.55. The van der Waals surface area contributed by atoms with Crippen LogP contribution < -0.4 is 11.1 Å². The van der Waals surface area contributed by atoms with Crippen LogP contribution in [0.5, 0.6) is 0 Å². The maximum Gasteiger partial charge on any atom is 0.294 e. The number of nitrogens with one attached hydrogen (secondary N) is 1. The Hall–Kier alpha value is -1.82. The lowest BCUT2D eigenvalue weighted by Crippen LogP contribution is -2.33. The molecule has 6 nitrogen and oxygen atoms in total. The van der Waals surface area contributed by atoms with Gasteiger partial charge < -0.3 is 11.1 Å². The van der Waals surface area contributed by atoms with E-state index in [-0.39, 0.29) is 33.3 Å². The number of amides is 1. The predicted octanol–water partition coefficient (Wildman–Crippen LogP) is 3.24. The van der Waals surface area contributed by atoms with Gasteiger partial charge in [-0.2, -0.15) is 0 Å². The fourth-order valence-electron chi connectivity index (χ4n) is 1.54. The summed E-state index contributed by atoms with van der Waals surface area (Å²) >= 11 is 5.83. The highest BCUT2D eigenvalue weighted by molar-refractivity contribution is 6.34. The Balaban J connectivity index is 2.91. The second-order valence-corrected chi connectivity index (χ2v) is 6.53. The maximum absolute atomic E-state index is 12.1. The molecule has 0 aromatic heterocycles. The summed E-state index contributed by atoms with van der Waals surface area (Å²) in [5.41, 5.74) is 5.20. The van der Waals surface area contributed by atoms with Gasteiger partial charge in [0.05, 0.1) is 9.95 Å². The molecule has 0 saturated heterocycles. The minimum atomic E-state index is -0.657. The average molecular weight is 314 g/mol. The first-order valence-corrected chi connectivity index (χ1v) is 6.93. The van der Waals surface area contributed by atoms with Gasteiger partial charge in [-0.05, 0) is 17.4 Å². The number of hydrogen-bond donors (Lipinski definition) is 2. The molecule has 0 bridgehead atoms. The van der Waals surface area contributed by atoms with Crippen LogP contribution in [-0.4, -0.2) is 17.4 Å². The fourth-order valence-corrected chi connectivity index (χ4v) is 1.75. The third kappa shape index (κ3) is 4.32. The molecule has 1 aromatic rings. The zero-order valence-corrected chi connectivity index (χ0v) is 13.3. The number of nitro groups is 1. The van der Waals surface area contributed by atoms with E-state index in [0.29, 0.717) is 6.54 Å². The molecule has 1 aromatic carbocycles. The molecular weight excluding hydrogens is 294 g/mol. The number of nitrogen functional groups attached to an aromatic ring is 1. The van der Waals surface area contributed by atoms with E-state index in [4.69, 9.17) is 17.3 Å². The molecule has 0 aliphatic rings. The third-order valence-corrected chi connectivity index (χ3v) is 3.93. The van der Waals surface area contributed by atoms with Gasteiger partial charge in [-0.1, -0.05) is 39.3 Å². The van der Waals surface area contributed by atoms with Crippen molar-refractivity contribution in [2.45, 2.75) is 27.7 Å². The van der Waals surface area contributed by atoms with Crippen LogP contribution in [0.1, 0.15) is 38.1 Å². The largest absolute Gasteiger partial charge is 0.392 e. The summed E-state index contributed by atoms with van der Waals surface area (Å²) < 4.78 is 0. The molecule has 1 atom stereocenters. The molecule has 21 heavy (non-hydrogen) atoms. The Labute approximate surface area is 128 Å². The number of hydrogen-bond acceptors (Lipinski definition) is 4. The normalized spacial score (nSPS) is 12.8. The van der Waals surface area contributed by atoms with Gasteiger partial charge in [0.25, 0.3) is 11.6 Å². The highest BCUT2D eigenvalue weighted by atomic mass is 35.5. The van der Waals surface area contributed by atoms with Crippen molar-refractivity contribution in [2.75, 3.05) is 12.3 Å². The Morgan fingerprint density at radius 3 is 2.52 bits per heavy atom. The lowest BCUT2D eigenvalue weighted by Gasteiger charge is -2.27. The monoisotopic (exact) mass is 313 g/mol. The van der Waals surface area contributed by atoms with Gasteiger partial charge in [-0.3, -0.25) is 14.9 Å². The van der Waals surface area contributed by atoms with E-state index in [1.165, 1.54) is 6.07 Å².